The summed E-state index contributed by atoms with van der Waals surface area (Å²) in [6.07, 6.45) is 10.3. The molecular formula is C12H25N. The van der Waals surface area contributed by atoms with Crippen molar-refractivity contribution in [1.29, 1.82) is 0 Å². The predicted octanol–water partition coefficient (Wildman–Crippen LogP) is 3.20. The van der Waals surface area contributed by atoms with Crippen LogP contribution in [0.5, 0.6) is 0 Å². The van der Waals surface area contributed by atoms with Crippen molar-refractivity contribution in [2.45, 2.75) is 51.9 Å². The van der Waals surface area contributed by atoms with Gasteiger partial charge in [0.25, 0.3) is 0 Å². The van der Waals surface area contributed by atoms with E-state index in [1.165, 1.54) is 51.5 Å². The van der Waals surface area contributed by atoms with Crippen LogP contribution in [0, 0.1) is 11.8 Å². The van der Waals surface area contributed by atoms with E-state index in [4.69, 9.17) is 0 Å². The molecule has 1 rings (SSSR count). The minimum atomic E-state index is 0.924. The normalized spacial score (nSPS) is 21.7. The van der Waals surface area contributed by atoms with Crippen LogP contribution in [0.1, 0.15) is 51.9 Å². The van der Waals surface area contributed by atoms with Crippen molar-refractivity contribution < 1.29 is 0 Å². The van der Waals surface area contributed by atoms with Gasteiger partial charge in [0, 0.05) is 0 Å². The van der Waals surface area contributed by atoms with E-state index in [1.54, 1.807) is 0 Å². The summed E-state index contributed by atoms with van der Waals surface area (Å²) >= 11 is 0. The van der Waals surface area contributed by atoms with E-state index in [2.05, 4.69) is 19.3 Å². The molecule has 1 nitrogen and oxygen atoms in total. The van der Waals surface area contributed by atoms with Crippen molar-refractivity contribution >= 4 is 0 Å². The van der Waals surface area contributed by atoms with E-state index in [1.807, 2.05) is 0 Å². The smallest absolute Gasteiger partial charge is 0.00235 e. The Morgan fingerprint density at radius 2 is 1.92 bits per heavy atom. The topological polar surface area (TPSA) is 12.0 Å². The van der Waals surface area contributed by atoms with Gasteiger partial charge in [-0.15, -0.1) is 0 Å². The fourth-order valence-electron chi connectivity index (χ4n) is 2.58. The number of hydrogen-bond acceptors (Lipinski definition) is 1. The Balaban J connectivity index is 2.18. The van der Waals surface area contributed by atoms with E-state index in [0.29, 0.717) is 0 Å². The summed E-state index contributed by atoms with van der Waals surface area (Å²) in [6, 6.07) is 0. The lowest BCUT2D eigenvalue weighted by atomic mass is 9.82. The Hall–Kier alpha value is -0.0400. The molecule has 1 aliphatic rings. The SMILES string of the molecule is CC[C@H](CNC)CC1CCCCC1. The van der Waals surface area contributed by atoms with Gasteiger partial charge in [-0.25, -0.2) is 0 Å². The maximum Gasteiger partial charge on any atom is -0.00235 e. The van der Waals surface area contributed by atoms with Crippen LogP contribution in [-0.2, 0) is 0 Å². The molecule has 0 unspecified atom stereocenters. The second kappa shape index (κ2) is 6.42. The maximum absolute atomic E-state index is 3.31. The Bertz CT molecular complexity index is 114. The molecule has 0 spiro atoms. The monoisotopic (exact) mass is 183 g/mol. The zero-order chi connectivity index (χ0) is 9.52. The average Bonchev–Trinajstić information content (AvgIpc) is 2.19. The zero-order valence-electron chi connectivity index (χ0n) is 9.31. The number of rotatable bonds is 5. The molecule has 1 fully saturated rings. The lowest BCUT2D eigenvalue weighted by Crippen LogP contribution is -2.21. The van der Waals surface area contributed by atoms with Crippen LogP contribution in [0.25, 0.3) is 0 Å². The molecule has 1 saturated carbocycles. The van der Waals surface area contributed by atoms with Gasteiger partial charge in [0.05, 0.1) is 0 Å². The van der Waals surface area contributed by atoms with Crippen LogP contribution >= 0.6 is 0 Å². The lowest BCUT2D eigenvalue weighted by molar-refractivity contribution is 0.280. The first-order chi connectivity index (χ1) is 6.36. The molecule has 0 amide bonds. The summed E-state index contributed by atoms with van der Waals surface area (Å²) in [7, 11) is 2.07. The molecule has 0 aliphatic heterocycles. The third-order valence-electron chi connectivity index (χ3n) is 3.46. The van der Waals surface area contributed by atoms with Gasteiger partial charge in [0.1, 0.15) is 0 Å². The quantitative estimate of drug-likeness (QED) is 0.690. The minimum absolute atomic E-state index is 0.924. The second-order valence-corrected chi connectivity index (χ2v) is 4.57. The highest BCUT2D eigenvalue weighted by molar-refractivity contribution is 4.70. The van der Waals surface area contributed by atoms with Gasteiger partial charge in [-0.3, -0.25) is 0 Å². The van der Waals surface area contributed by atoms with Gasteiger partial charge in [-0.2, -0.15) is 0 Å². The van der Waals surface area contributed by atoms with Gasteiger partial charge in [-0.1, -0.05) is 45.4 Å². The van der Waals surface area contributed by atoms with Crippen LogP contribution in [0.3, 0.4) is 0 Å². The van der Waals surface area contributed by atoms with Crippen molar-refractivity contribution in [1.82, 2.24) is 5.32 Å². The summed E-state index contributed by atoms with van der Waals surface area (Å²) in [5.41, 5.74) is 0. The fraction of sp³-hybridized carbons (Fsp3) is 1.00. The third kappa shape index (κ3) is 4.12. The highest BCUT2D eigenvalue weighted by atomic mass is 14.8. The summed E-state index contributed by atoms with van der Waals surface area (Å²) in [4.78, 5) is 0. The summed E-state index contributed by atoms with van der Waals surface area (Å²) in [6.45, 7) is 3.54. The summed E-state index contributed by atoms with van der Waals surface area (Å²) < 4.78 is 0. The van der Waals surface area contributed by atoms with Gasteiger partial charge in [0.15, 0.2) is 0 Å². The Kier molecular flexibility index (Phi) is 5.45. The summed E-state index contributed by atoms with van der Waals surface area (Å²) in [5, 5.41) is 3.31. The average molecular weight is 183 g/mol. The van der Waals surface area contributed by atoms with Crippen LogP contribution in [-0.4, -0.2) is 13.6 Å². The van der Waals surface area contributed by atoms with Crippen molar-refractivity contribution in [3.63, 3.8) is 0 Å². The van der Waals surface area contributed by atoms with Crippen LogP contribution < -0.4 is 5.32 Å². The highest BCUT2D eigenvalue weighted by Crippen LogP contribution is 2.29. The molecule has 78 valence electrons. The molecule has 0 aromatic rings. The molecule has 0 bridgehead atoms. The van der Waals surface area contributed by atoms with Gasteiger partial charge < -0.3 is 5.32 Å². The molecular weight excluding hydrogens is 158 g/mol. The molecule has 0 aromatic carbocycles. The van der Waals surface area contributed by atoms with E-state index >= 15 is 0 Å². The summed E-state index contributed by atoms with van der Waals surface area (Å²) in [5.74, 6) is 1.97. The largest absolute Gasteiger partial charge is 0.319 e. The van der Waals surface area contributed by atoms with Crippen molar-refractivity contribution in [2.75, 3.05) is 13.6 Å². The van der Waals surface area contributed by atoms with Gasteiger partial charge in [-0.05, 0) is 31.8 Å². The maximum atomic E-state index is 3.31. The number of hydrogen-bond donors (Lipinski definition) is 1. The molecule has 0 heterocycles. The Labute approximate surface area is 83.3 Å². The molecule has 1 aliphatic carbocycles. The molecule has 1 N–H and O–H groups in total. The Morgan fingerprint density at radius 3 is 2.46 bits per heavy atom. The first kappa shape index (κ1) is 11.0. The molecule has 1 heteroatoms. The molecule has 13 heavy (non-hydrogen) atoms. The zero-order valence-corrected chi connectivity index (χ0v) is 9.31. The third-order valence-corrected chi connectivity index (χ3v) is 3.46. The van der Waals surface area contributed by atoms with Crippen LogP contribution in [0.2, 0.25) is 0 Å². The first-order valence-corrected chi connectivity index (χ1v) is 6.01. The predicted molar refractivity (Wildman–Crippen MR) is 58.9 cm³/mol. The molecule has 0 aromatic heterocycles. The van der Waals surface area contributed by atoms with Crippen molar-refractivity contribution in [2.24, 2.45) is 11.8 Å². The first-order valence-electron chi connectivity index (χ1n) is 6.01. The Morgan fingerprint density at radius 1 is 1.23 bits per heavy atom. The standard InChI is InChI=1S/C12H25N/c1-3-11(10-13-2)9-12-7-5-4-6-8-12/h11-13H,3-10H2,1-2H3/t11-/m0/s1. The minimum Gasteiger partial charge on any atom is -0.319 e. The molecule has 1 atom stereocenters. The van der Waals surface area contributed by atoms with E-state index in [0.717, 1.165) is 11.8 Å². The second-order valence-electron chi connectivity index (χ2n) is 4.57. The van der Waals surface area contributed by atoms with E-state index in [9.17, 15) is 0 Å². The van der Waals surface area contributed by atoms with Gasteiger partial charge >= 0.3 is 0 Å². The van der Waals surface area contributed by atoms with Crippen molar-refractivity contribution in [3.8, 4) is 0 Å². The molecule has 0 saturated heterocycles. The van der Waals surface area contributed by atoms with E-state index < -0.39 is 0 Å². The fourth-order valence-corrected chi connectivity index (χ4v) is 2.58. The molecule has 0 radical (unpaired) electrons. The van der Waals surface area contributed by atoms with E-state index in [-0.39, 0.29) is 0 Å². The van der Waals surface area contributed by atoms with Gasteiger partial charge in [0.2, 0.25) is 0 Å². The number of nitrogens with one attached hydrogen (secondary N) is 1. The lowest BCUT2D eigenvalue weighted by Gasteiger charge is -2.25. The van der Waals surface area contributed by atoms with Crippen LogP contribution in [0.15, 0.2) is 0 Å². The highest BCUT2D eigenvalue weighted by Gasteiger charge is 2.17. The van der Waals surface area contributed by atoms with Crippen LogP contribution in [0.4, 0.5) is 0 Å². The van der Waals surface area contributed by atoms with Crippen molar-refractivity contribution in [3.05, 3.63) is 0 Å².